The first-order chi connectivity index (χ1) is 9.32. The number of rotatable bonds is 5. The zero-order chi connectivity index (χ0) is 14.9. The molecule has 2 nitrogen and oxygen atoms in total. The summed E-state index contributed by atoms with van der Waals surface area (Å²) >= 11 is 0. The van der Waals surface area contributed by atoms with Crippen LogP contribution in [0, 0.1) is 5.92 Å². The minimum Gasteiger partial charge on any atom is -0.368 e. The standard InChI is InChI=1S/C15H21F3N2/c1-10(2)9-20(13-4-5-13)14-6-3-12(15(16,17)18)7-11(14)8-19/h3,6-7,10,13H,4-5,8-9,19H2,1-2H3. The van der Waals surface area contributed by atoms with Crippen LogP contribution in [0.15, 0.2) is 18.2 Å². The first-order valence-corrected chi connectivity index (χ1v) is 6.99. The van der Waals surface area contributed by atoms with Gasteiger partial charge >= 0.3 is 6.18 Å². The van der Waals surface area contributed by atoms with Crippen molar-refractivity contribution >= 4 is 5.69 Å². The number of anilines is 1. The Labute approximate surface area is 117 Å². The molecule has 5 heteroatoms. The molecular weight excluding hydrogens is 265 g/mol. The number of alkyl halides is 3. The third-order valence-electron chi connectivity index (χ3n) is 3.49. The summed E-state index contributed by atoms with van der Waals surface area (Å²) < 4.78 is 38.3. The highest BCUT2D eigenvalue weighted by Gasteiger charge is 2.34. The van der Waals surface area contributed by atoms with Gasteiger partial charge in [-0.2, -0.15) is 13.2 Å². The van der Waals surface area contributed by atoms with Crippen LogP contribution < -0.4 is 10.6 Å². The van der Waals surface area contributed by atoms with Crippen molar-refractivity contribution in [3.63, 3.8) is 0 Å². The molecule has 1 fully saturated rings. The van der Waals surface area contributed by atoms with E-state index in [-0.39, 0.29) is 6.54 Å². The third-order valence-corrected chi connectivity index (χ3v) is 3.49. The van der Waals surface area contributed by atoms with E-state index < -0.39 is 11.7 Å². The van der Waals surface area contributed by atoms with Gasteiger partial charge in [-0.15, -0.1) is 0 Å². The van der Waals surface area contributed by atoms with Crippen LogP contribution >= 0.6 is 0 Å². The zero-order valence-corrected chi connectivity index (χ0v) is 11.9. The highest BCUT2D eigenvalue weighted by atomic mass is 19.4. The van der Waals surface area contributed by atoms with Gasteiger partial charge in [-0.3, -0.25) is 0 Å². The Morgan fingerprint density at radius 2 is 1.95 bits per heavy atom. The highest BCUT2D eigenvalue weighted by molar-refractivity contribution is 5.57. The Hall–Kier alpha value is -1.23. The van der Waals surface area contributed by atoms with Gasteiger partial charge in [0, 0.05) is 24.8 Å². The van der Waals surface area contributed by atoms with Crippen LogP contribution in [0.5, 0.6) is 0 Å². The van der Waals surface area contributed by atoms with Gasteiger partial charge < -0.3 is 10.6 Å². The molecule has 2 N–H and O–H groups in total. The van der Waals surface area contributed by atoms with Crippen molar-refractivity contribution in [2.75, 3.05) is 11.4 Å². The van der Waals surface area contributed by atoms with Gasteiger partial charge in [0.25, 0.3) is 0 Å². The minimum atomic E-state index is -4.31. The molecule has 0 heterocycles. The first kappa shape index (κ1) is 15.2. The number of benzene rings is 1. The Morgan fingerprint density at radius 1 is 1.30 bits per heavy atom. The lowest BCUT2D eigenvalue weighted by Crippen LogP contribution is -2.31. The first-order valence-electron chi connectivity index (χ1n) is 6.99. The Kier molecular flexibility index (Phi) is 4.28. The number of halogens is 3. The average Bonchev–Trinajstić information content (AvgIpc) is 3.18. The molecular formula is C15H21F3N2. The lowest BCUT2D eigenvalue weighted by Gasteiger charge is -2.29. The van der Waals surface area contributed by atoms with Crippen LogP contribution in [0.3, 0.4) is 0 Å². The molecule has 1 aromatic carbocycles. The number of hydrogen-bond acceptors (Lipinski definition) is 2. The fourth-order valence-corrected chi connectivity index (χ4v) is 2.43. The maximum absolute atomic E-state index is 12.8. The molecule has 20 heavy (non-hydrogen) atoms. The average molecular weight is 286 g/mol. The predicted octanol–water partition coefficient (Wildman–Crippen LogP) is 3.79. The van der Waals surface area contributed by atoms with Crippen LogP contribution in [-0.2, 0) is 12.7 Å². The molecule has 0 bridgehead atoms. The smallest absolute Gasteiger partial charge is 0.368 e. The van der Waals surface area contributed by atoms with E-state index in [0.717, 1.165) is 31.1 Å². The van der Waals surface area contributed by atoms with E-state index in [9.17, 15) is 13.2 Å². The largest absolute Gasteiger partial charge is 0.416 e. The highest BCUT2D eigenvalue weighted by Crippen LogP contribution is 2.37. The van der Waals surface area contributed by atoms with E-state index in [4.69, 9.17) is 5.73 Å². The van der Waals surface area contributed by atoms with Gasteiger partial charge in [0.1, 0.15) is 0 Å². The quantitative estimate of drug-likeness (QED) is 0.892. The van der Waals surface area contributed by atoms with Gasteiger partial charge in [-0.1, -0.05) is 13.8 Å². The van der Waals surface area contributed by atoms with Gasteiger partial charge in [0.05, 0.1) is 5.56 Å². The summed E-state index contributed by atoms with van der Waals surface area (Å²) in [7, 11) is 0. The van der Waals surface area contributed by atoms with E-state index in [1.807, 2.05) is 0 Å². The molecule has 112 valence electrons. The number of hydrogen-bond donors (Lipinski definition) is 1. The lowest BCUT2D eigenvalue weighted by molar-refractivity contribution is -0.137. The summed E-state index contributed by atoms with van der Waals surface area (Å²) in [5.41, 5.74) is 6.47. The molecule has 1 aliphatic rings. The van der Waals surface area contributed by atoms with Crippen molar-refractivity contribution in [1.82, 2.24) is 0 Å². The number of nitrogens with zero attached hydrogens (tertiary/aromatic N) is 1. The zero-order valence-electron chi connectivity index (χ0n) is 11.9. The summed E-state index contributed by atoms with van der Waals surface area (Å²) in [6.45, 7) is 5.20. The number of nitrogens with two attached hydrogens (primary N) is 1. The van der Waals surface area contributed by atoms with Gasteiger partial charge in [-0.05, 0) is 42.5 Å². The molecule has 2 rings (SSSR count). The molecule has 0 saturated heterocycles. The van der Waals surface area contributed by atoms with Crippen LogP contribution in [0.25, 0.3) is 0 Å². The molecule has 0 radical (unpaired) electrons. The van der Waals surface area contributed by atoms with Crippen molar-refractivity contribution in [3.05, 3.63) is 29.3 Å². The van der Waals surface area contributed by atoms with Gasteiger partial charge in [-0.25, -0.2) is 0 Å². The molecule has 0 unspecified atom stereocenters. The molecule has 1 aliphatic carbocycles. The monoisotopic (exact) mass is 286 g/mol. The lowest BCUT2D eigenvalue weighted by atomic mass is 10.1. The van der Waals surface area contributed by atoms with Crippen molar-refractivity contribution < 1.29 is 13.2 Å². The van der Waals surface area contributed by atoms with E-state index in [0.29, 0.717) is 17.5 Å². The fourth-order valence-electron chi connectivity index (χ4n) is 2.43. The van der Waals surface area contributed by atoms with Gasteiger partial charge in [0.15, 0.2) is 0 Å². The Bertz CT molecular complexity index is 465. The van der Waals surface area contributed by atoms with Crippen LogP contribution in [0.2, 0.25) is 0 Å². The van der Waals surface area contributed by atoms with Crippen molar-refractivity contribution in [2.45, 2.75) is 45.5 Å². The molecule has 1 saturated carbocycles. The van der Waals surface area contributed by atoms with E-state index in [1.165, 1.54) is 6.07 Å². The predicted molar refractivity (Wildman–Crippen MR) is 74.5 cm³/mol. The Balaban J connectivity index is 2.34. The molecule has 0 aliphatic heterocycles. The van der Waals surface area contributed by atoms with E-state index in [1.54, 1.807) is 6.07 Å². The van der Waals surface area contributed by atoms with Crippen molar-refractivity contribution in [3.8, 4) is 0 Å². The summed E-state index contributed by atoms with van der Waals surface area (Å²) in [6, 6.07) is 4.38. The molecule has 1 aromatic rings. The molecule has 0 atom stereocenters. The van der Waals surface area contributed by atoms with Gasteiger partial charge in [0.2, 0.25) is 0 Å². The van der Waals surface area contributed by atoms with Crippen molar-refractivity contribution in [1.29, 1.82) is 0 Å². The summed E-state index contributed by atoms with van der Waals surface area (Å²) in [4.78, 5) is 2.22. The van der Waals surface area contributed by atoms with Crippen LogP contribution in [0.1, 0.15) is 37.8 Å². The SMILES string of the molecule is CC(C)CN(c1ccc(C(F)(F)F)cc1CN)C1CC1. The topological polar surface area (TPSA) is 29.3 Å². The van der Waals surface area contributed by atoms with E-state index >= 15 is 0 Å². The second-order valence-electron chi connectivity index (χ2n) is 5.82. The van der Waals surface area contributed by atoms with Crippen LogP contribution in [-0.4, -0.2) is 12.6 Å². The van der Waals surface area contributed by atoms with Crippen LogP contribution in [0.4, 0.5) is 18.9 Å². The van der Waals surface area contributed by atoms with E-state index in [2.05, 4.69) is 18.7 Å². The second kappa shape index (κ2) is 5.64. The molecule has 0 aromatic heterocycles. The summed E-state index contributed by atoms with van der Waals surface area (Å²) in [5.74, 6) is 0.462. The summed E-state index contributed by atoms with van der Waals surface area (Å²) in [6.07, 6.45) is -2.10. The second-order valence-corrected chi connectivity index (χ2v) is 5.82. The minimum absolute atomic E-state index is 0.126. The normalized spacial score (nSPS) is 15.8. The summed E-state index contributed by atoms with van der Waals surface area (Å²) in [5, 5.41) is 0. The third kappa shape index (κ3) is 3.45. The maximum atomic E-state index is 12.8. The fraction of sp³-hybridized carbons (Fsp3) is 0.600. The molecule has 0 spiro atoms. The Morgan fingerprint density at radius 3 is 2.40 bits per heavy atom. The molecule has 0 amide bonds. The maximum Gasteiger partial charge on any atom is 0.416 e. The van der Waals surface area contributed by atoms with Crippen molar-refractivity contribution in [2.24, 2.45) is 11.7 Å².